The van der Waals surface area contributed by atoms with E-state index < -0.39 is 0 Å². The summed E-state index contributed by atoms with van der Waals surface area (Å²) in [5.74, 6) is 0. The van der Waals surface area contributed by atoms with Gasteiger partial charge in [0.25, 0.3) is 0 Å². The fourth-order valence-corrected chi connectivity index (χ4v) is 2.19. The van der Waals surface area contributed by atoms with Crippen molar-refractivity contribution < 1.29 is 0 Å². The van der Waals surface area contributed by atoms with Crippen molar-refractivity contribution in [3.8, 4) is 0 Å². The number of nitrogens with two attached hydrogens (primary N) is 2. The molecule has 0 aliphatic carbocycles. The van der Waals surface area contributed by atoms with Crippen LogP contribution in [0.4, 0.5) is 0 Å². The molecule has 0 saturated carbocycles. The van der Waals surface area contributed by atoms with Crippen LogP contribution >= 0.6 is 0 Å². The molecule has 2 aromatic rings. The van der Waals surface area contributed by atoms with Crippen LogP contribution in [0.2, 0.25) is 0 Å². The van der Waals surface area contributed by atoms with E-state index in [0.717, 1.165) is 12.8 Å². The second kappa shape index (κ2) is 6.34. The maximum absolute atomic E-state index is 5.75. The molecular formula is C16H20N2. The minimum Gasteiger partial charge on any atom is -0.326 e. The molecule has 2 aromatic carbocycles. The third-order valence-corrected chi connectivity index (χ3v) is 3.25. The van der Waals surface area contributed by atoms with Crippen LogP contribution in [0.5, 0.6) is 0 Å². The van der Waals surface area contributed by atoms with Crippen LogP contribution in [0.3, 0.4) is 0 Å². The predicted octanol–water partition coefficient (Wildman–Crippen LogP) is 2.39. The predicted molar refractivity (Wildman–Crippen MR) is 76.1 cm³/mol. The van der Waals surface area contributed by atoms with Crippen LogP contribution in [0, 0.1) is 0 Å². The lowest BCUT2D eigenvalue weighted by Crippen LogP contribution is -2.03. The average molecular weight is 240 g/mol. The zero-order valence-electron chi connectivity index (χ0n) is 10.6. The Bertz CT molecular complexity index is 506. The molecule has 0 aliphatic rings. The van der Waals surface area contributed by atoms with Crippen molar-refractivity contribution in [2.45, 2.75) is 25.9 Å². The second-order valence-corrected chi connectivity index (χ2v) is 4.50. The average Bonchev–Trinajstić information content (AvgIpc) is 2.45. The van der Waals surface area contributed by atoms with Gasteiger partial charge >= 0.3 is 0 Å². The molecule has 0 unspecified atom stereocenters. The molecule has 2 nitrogen and oxygen atoms in total. The minimum absolute atomic E-state index is 0.604. The van der Waals surface area contributed by atoms with Gasteiger partial charge in [0.15, 0.2) is 0 Å². The molecule has 0 saturated heterocycles. The van der Waals surface area contributed by atoms with Crippen LogP contribution in [0.1, 0.15) is 22.3 Å². The molecule has 0 aromatic heterocycles. The highest BCUT2D eigenvalue weighted by atomic mass is 14.5. The van der Waals surface area contributed by atoms with Crippen molar-refractivity contribution in [2.24, 2.45) is 11.5 Å². The van der Waals surface area contributed by atoms with Gasteiger partial charge in [0.1, 0.15) is 0 Å². The summed E-state index contributed by atoms with van der Waals surface area (Å²) in [5, 5.41) is 0. The largest absolute Gasteiger partial charge is 0.326 e. The molecular weight excluding hydrogens is 220 g/mol. The normalized spacial score (nSPS) is 10.6. The Labute approximate surface area is 109 Å². The molecule has 0 atom stereocenters. The zero-order chi connectivity index (χ0) is 12.8. The topological polar surface area (TPSA) is 52.0 Å². The summed E-state index contributed by atoms with van der Waals surface area (Å²) in [7, 11) is 0. The number of rotatable bonds is 5. The van der Waals surface area contributed by atoms with Crippen LogP contribution in [-0.2, 0) is 25.9 Å². The quantitative estimate of drug-likeness (QED) is 0.843. The first-order valence-electron chi connectivity index (χ1n) is 6.38. The van der Waals surface area contributed by atoms with Crippen molar-refractivity contribution in [3.05, 3.63) is 70.8 Å². The third kappa shape index (κ3) is 3.19. The van der Waals surface area contributed by atoms with E-state index in [9.17, 15) is 0 Å². The van der Waals surface area contributed by atoms with Crippen molar-refractivity contribution in [3.63, 3.8) is 0 Å². The molecule has 18 heavy (non-hydrogen) atoms. The summed E-state index contributed by atoms with van der Waals surface area (Å²) in [5.41, 5.74) is 16.5. The van der Waals surface area contributed by atoms with Crippen LogP contribution in [0.25, 0.3) is 0 Å². The van der Waals surface area contributed by atoms with E-state index >= 15 is 0 Å². The first kappa shape index (κ1) is 12.8. The van der Waals surface area contributed by atoms with E-state index in [1.807, 2.05) is 6.07 Å². The maximum atomic E-state index is 5.75. The summed E-state index contributed by atoms with van der Waals surface area (Å²) in [4.78, 5) is 0. The van der Waals surface area contributed by atoms with Crippen LogP contribution in [-0.4, -0.2) is 0 Å². The van der Waals surface area contributed by atoms with Gasteiger partial charge in [-0.15, -0.1) is 0 Å². The molecule has 94 valence electrons. The number of benzene rings is 2. The SMILES string of the molecule is NCc1cccc(CCc2ccccc2CN)c1. The molecule has 0 aliphatic heterocycles. The summed E-state index contributed by atoms with van der Waals surface area (Å²) in [6.45, 7) is 1.21. The van der Waals surface area contributed by atoms with Gasteiger partial charge in [0.05, 0.1) is 0 Å². The molecule has 0 amide bonds. The Balaban J connectivity index is 2.06. The van der Waals surface area contributed by atoms with Gasteiger partial charge in [0, 0.05) is 13.1 Å². The molecule has 2 heteroatoms. The van der Waals surface area contributed by atoms with Gasteiger partial charge in [-0.1, -0.05) is 48.5 Å². The van der Waals surface area contributed by atoms with Gasteiger partial charge in [-0.25, -0.2) is 0 Å². The third-order valence-electron chi connectivity index (χ3n) is 3.25. The first-order valence-corrected chi connectivity index (χ1v) is 6.38. The molecule has 0 bridgehead atoms. The lowest BCUT2D eigenvalue weighted by molar-refractivity contribution is 0.917. The molecule has 0 spiro atoms. The van der Waals surface area contributed by atoms with Gasteiger partial charge in [-0.3, -0.25) is 0 Å². The smallest absolute Gasteiger partial charge is 0.0180 e. The van der Waals surface area contributed by atoms with Crippen molar-refractivity contribution in [1.29, 1.82) is 0 Å². The Morgan fingerprint density at radius 1 is 0.667 bits per heavy atom. The summed E-state index contributed by atoms with van der Waals surface area (Å²) in [6, 6.07) is 16.9. The van der Waals surface area contributed by atoms with Gasteiger partial charge in [-0.2, -0.15) is 0 Å². The molecule has 0 radical (unpaired) electrons. The molecule has 0 fully saturated rings. The Morgan fingerprint density at radius 2 is 1.39 bits per heavy atom. The van der Waals surface area contributed by atoms with Gasteiger partial charge in [0.2, 0.25) is 0 Å². The summed E-state index contributed by atoms with van der Waals surface area (Å²) >= 11 is 0. The Hall–Kier alpha value is -1.64. The van der Waals surface area contributed by atoms with E-state index in [1.165, 1.54) is 22.3 Å². The number of hydrogen-bond acceptors (Lipinski definition) is 2. The molecule has 0 heterocycles. The first-order chi connectivity index (χ1) is 8.83. The number of hydrogen-bond donors (Lipinski definition) is 2. The highest BCUT2D eigenvalue weighted by molar-refractivity contribution is 5.29. The van der Waals surface area contributed by atoms with Crippen molar-refractivity contribution in [2.75, 3.05) is 0 Å². The van der Waals surface area contributed by atoms with E-state index in [2.05, 4.69) is 42.5 Å². The van der Waals surface area contributed by atoms with E-state index in [-0.39, 0.29) is 0 Å². The molecule has 4 N–H and O–H groups in total. The number of aryl methyl sites for hydroxylation is 2. The lowest BCUT2D eigenvalue weighted by atomic mass is 9.99. The van der Waals surface area contributed by atoms with Crippen molar-refractivity contribution >= 4 is 0 Å². The highest BCUT2D eigenvalue weighted by Gasteiger charge is 2.01. The molecule has 2 rings (SSSR count). The van der Waals surface area contributed by atoms with E-state index in [0.29, 0.717) is 13.1 Å². The fourth-order valence-electron chi connectivity index (χ4n) is 2.19. The Morgan fingerprint density at radius 3 is 2.11 bits per heavy atom. The van der Waals surface area contributed by atoms with Crippen LogP contribution < -0.4 is 11.5 Å². The second-order valence-electron chi connectivity index (χ2n) is 4.50. The van der Waals surface area contributed by atoms with E-state index in [4.69, 9.17) is 11.5 Å². The van der Waals surface area contributed by atoms with Gasteiger partial charge in [-0.05, 0) is 35.1 Å². The monoisotopic (exact) mass is 240 g/mol. The van der Waals surface area contributed by atoms with Gasteiger partial charge < -0.3 is 11.5 Å². The lowest BCUT2D eigenvalue weighted by Gasteiger charge is -2.08. The maximum Gasteiger partial charge on any atom is 0.0180 e. The fraction of sp³-hybridized carbons (Fsp3) is 0.250. The Kier molecular flexibility index (Phi) is 4.51. The highest BCUT2D eigenvalue weighted by Crippen LogP contribution is 2.13. The summed E-state index contributed by atoms with van der Waals surface area (Å²) in [6.07, 6.45) is 2.06. The summed E-state index contributed by atoms with van der Waals surface area (Å²) < 4.78 is 0. The minimum atomic E-state index is 0.604. The zero-order valence-corrected chi connectivity index (χ0v) is 10.6. The standard InChI is InChI=1S/C16H20N2/c17-11-14-5-3-4-13(10-14)8-9-15-6-1-2-7-16(15)12-18/h1-7,10H,8-9,11-12,17-18H2. The van der Waals surface area contributed by atoms with E-state index in [1.54, 1.807) is 0 Å². The van der Waals surface area contributed by atoms with Crippen molar-refractivity contribution in [1.82, 2.24) is 0 Å². The van der Waals surface area contributed by atoms with Crippen LogP contribution in [0.15, 0.2) is 48.5 Å².